The maximum absolute atomic E-state index is 13.3. The van der Waals surface area contributed by atoms with Gasteiger partial charge in [-0.25, -0.2) is 0 Å². The van der Waals surface area contributed by atoms with Crippen molar-refractivity contribution >= 4 is 59.0 Å². The van der Waals surface area contributed by atoms with Crippen LogP contribution < -0.4 is 21.7 Å². The molecule has 4 aliphatic rings. The standard InChI is InChI=1S/C34H36N6O8/c35-27(42)13-11-21(17-41)39-15-20-3-1-6-25(29(20)34(39)48)37-31(45)19-9-7-18(8-10-19)30(44)36-24-5-2-4-22-23(24)16-40(33(22)47)26-12-14-28(43)38-32(26)46/h1-6,17-19,21,26H,7-16H2,(H2,35,42)(H,36,44)(H,37,45)(H,38,43,46). The number of aldehydes is 1. The molecule has 0 spiro atoms. The fourth-order valence-corrected chi connectivity index (χ4v) is 7.13. The molecular weight excluding hydrogens is 620 g/mol. The number of carbonyl (C=O) groups is 8. The lowest BCUT2D eigenvalue weighted by Crippen LogP contribution is -2.52. The van der Waals surface area contributed by atoms with Crippen LogP contribution in [-0.4, -0.2) is 69.5 Å². The van der Waals surface area contributed by atoms with E-state index in [0.29, 0.717) is 65.6 Å². The van der Waals surface area contributed by atoms with E-state index < -0.39 is 29.8 Å². The molecule has 1 saturated carbocycles. The topological polar surface area (TPSA) is 205 Å². The number of nitrogens with zero attached hydrogens (tertiary/aromatic N) is 2. The summed E-state index contributed by atoms with van der Waals surface area (Å²) >= 11 is 0. The highest BCUT2D eigenvalue weighted by Gasteiger charge is 2.41. The number of amides is 7. The van der Waals surface area contributed by atoms with Crippen LogP contribution in [0.5, 0.6) is 0 Å². The van der Waals surface area contributed by atoms with Crippen LogP contribution in [0.15, 0.2) is 36.4 Å². The van der Waals surface area contributed by atoms with Crippen LogP contribution in [0.25, 0.3) is 0 Å². The second-order valence-electron chi connectivity index (χ2n) is 12.7. The van der Waals surface area contributed by atoms with Crippen LogP contribution >= 0.6 is 0 Å². The smallest absolute Gasteiger partial charge is 0.257 e. The van der Waals surface area contributed by atoms with Crippen molar-refractivity contribution in [3.05, 3.63) is 58.7 Å². The van der Waals surface area contributed by atoms with Gasteiger partial charge >= 0.3 is 0 Å². The molecule has 6 rings (SSSR count). The number of hydrogen-bond donors (Lipinski definition) is 4. The molecule has 1 saturated heterocycles. The molecule has 48 heavy (non-hydrogen) atoms. The Labute approximate surface area is 275 Å². The van der Waals surface area contributed by atoms with Gasteiger partial charge in [-0.15, -0.1) is 0 Å². The van der Waals surface area contributed by atoms with Crippen LogP contribution in [0.4, 0.5) is 11.4 Å². The van der Waals surface area contributed by atoms with Gasteiger partial charge in [0.15, 0.2) is 0 Å². The number of nitrogens with one attached hydrogen (secondary N) is 3. The van der Waals surface area contributed by atoms with Gasteiger partial charge in [-0.3, -0.25) is 38.9 Å². The first-order valence-corrected chi connectivity index (χ1v) is 16.1. The Morgan fingerprint density at radius 1 is 0.875 bits per heavy atom. The molecule has 1 aliphatic carbocycles. The number of benzene rings is 2. The Balaban J connectivity index is 1.05. The predicted octanol–water partition coefficient (Wildman–Crippen LogP) is 1.62. The van der Waals surface area contributed by atoms with Crippen LogP contribution in [0.3, 0.4) is 0 Å². The van der Waals surface area contributed by atoms with Crippen molar-refractivity contribution in [1.82, 2.24) is 15.1 Å². The molecule has 14 nitrogen and oxygen atoms in total. The number of primary amides is 1. The SMILES string of the molecule is NC(=O)CCC(C=O)N1Cc2cccc(NC(=O)C3CCC(C(=O)Nc4cccc5c4CN(C4CCC(=O)NC4=O)C5=O)CC3)c2C1=O. The third-order valence-corrected chi connectivity index (χ3v) is 9.78. The van der Waals surface area contributed by atoms with Crippen LogP contribution in [0.2, 0.25) is 0 Å². The average molecular weight is 657 g/mol. The molecule has 0 aromatic heterocycles. The van der Waals surface area contributed by atoms with E-state index in [1.54, 1.807) is 36.4 Å². The molecule has 2 fully saturated rings. The van der Waals surface area contributed by atoms with Crippen molar-refractivity contribution in [2.75, 3.05) is 10.6 Å². The van der Waals surface area contributed by atoms with Crippen LogP contribution in [0, 0.1) is 11.8 Å². The molecule has 2 unspecified atom stereocenters. The third-order valence-electron chi connectivity index (χ3n) is 9.78. The lowest BCUT2D eigenvalue weighted by atomic mass is 9.81. The summed E-state index contributed by atoms with van der Waals surface area (Å²) in [5, 5.41) is 8.13. The molecule has 2 atom stereocenters. The van der Waals surface area contributed by atoms with Crippen LogP contribution in [-0.2, 0) is 41.9 Å². The van der Waals surface area contributed by atoms with Gasteiger partial charge in [-0.05, 0) is 62.3 Å². The Hall–Kier alpha value is -5.40. The molecular formula is C34H36N6O8. The predicted molar refractivity (Wildman–Crippen MR) is 170 cm³/mol. The van der Waals surface area contributed by atoms with E-state index in [2.05, 4.69) is 16.0 Å². The summed E-state index contributed by atoms with van der Waals surface area (Å²) in [6, 6.07) is 8.59. The summed E-state index contributed by atoms with van der Waals surface area (Å²) in [7, 11) is 0. The summed E-state index contributed by atoms with van der Waals surface area (Å²) < 4.78 is 0. The first-order chi connectivity index (χ1) is 23.0. The molecule has 3 heterocycles. The van der Waals surface area contributed by atoms with E-state index in [4.69, 9.17) is 5.73 Å². The average Bonchev–Trinajstić information content (AvgIpc) is 3.58. The normalized spacial score (nSPS) is 22.5. The van der Waals surface area contributed by atoms with Gasteiger partial charge < -0.3 is 31.0 Å². The molecule has 250 valence electrons. The van der Waals surface area contributed by atoms with E-state index in [1.165, 1.54) is 9.80 Å². The van der Waals surface area contributed by atoms with Gasteiger partial charge in [0.05, 0.1) is 17.3 Å². The van der Waals surface area contributed by atoms with Crippen molar-refractivity contribution < 1.29 is 38.4 Å². The Bertz CT molecular complexity index is 1730. The quantitative estimate of drug-likeness (QED) is 0.218. The van der Waals surface area contributed by atoms with Gasteiger partial charge in [0.1, 0.15) is 12.3 Å². The van der Waals surface area contributed by atoms with E-state index in [-0.39, 0.29) is 74.2 Å². The van der Waals surface area contributed by atoms with Gasteiger partial charge in [-0.2, -0.15) is 0 Å². The highest BCUT2D eigenvalue weighted by Crippen LogP contribution is 2.36. The second kappa shape index (κ2) is 13.4. The summed E-state index contributed by atoms with van der Waals surface area (Å²) in [4.78, 5) is 103. The third kappa shape index (κ3) is 6.29. The number of anilines is 2. The number of hydrogen-bond acceptors (Lipinski definition) is 8. The first kappa shape index (κ1) is 32.5. The molecule has 3 aliphatic heterocycles. The molecule has 2 aromatic rings. The molecule has 5 N–H and O–H groups in total. The molecule has 0 bridgehead atoms. The number of imide groups is 1. The molecule has 14 heteroatoms. The summed E-state index contributed by atoms with van der Waals surface area (Å²) in [6.45, 7) is 0.310. The van der Waals surface area contributed by atoms with Gasteiger partial charge in [0, 0.05) is 54.6 Å². The summed E-state index contributed by atoms with van der Waals surface area (Å²) in [5.74, 6) is -3.39. The highest BCUT2D eigenvalue weighted by atomic mass is 16.2. The van der Waals surface area contributed by atoms with Crippen molar-refractivity contribution in [3.8, 4) is 0 Å². The van der Waals surface area contributed by atoms with E-state index >= 15 is 0 Å². The van der Waals surface area contributed by atoms with Crippen molar-refractivity contribution in [3.63, 3.8) is 0 Å². The lowest BCUT2D eigenvalue weighted by molar-refractivity contribution is -0.137. The largest absolute Gasteiger partial charge is 0.370 e. The fourth-order valence-electron chi connectivity index (χ4n) is 7.13. The maximum atomic E-state index is 13.3. The van der Waals surface area contributed by atoms with Gasteiger partial charge in [0.25, 0.3) is 11.8 Å². The Kier molecular flexibility index (Phi) is 9.07. The van der Waals surface area contributed by atoms with Gasteiger partial charge in [-0.1, -0.05) is 18.2 Å². The number of carbonyl (C=O) groups excluding carboxylic acids is 8. The van der Waals surface area contributed by atoms with Crippen molar-refractivity contribution in [1.29, 1.82) is 0 Å². The molecule has 2 aromatic carbocycles. The zero-order valence-corrected chi connectivity index (χ0v) is 26.2. The molecule has 7 amide bonds. The number of nitrogens with two attached hydrogens (primary N) is 1. The van der Waals surface area contributed by atoms with Crippen LogP contribution in [0.1, 0.15) is 83.2 Å². The number of fused-ring (bicyclic) bond motifs is 2. The first-order valence-electron chi connectivity index (χ1n) is 16.1. The summed E-state index contributed by atoms with van der Waals surface area (Å²) in [6.07, 6.45) is 2.91. The Morgan fingerprint density at radius 3 is 2.17 bits per heavy atom. The zero-order valence-electron chi connectivity index (χ0n) is 26.2. The van der Waals surface area contributed by atoms with Crippen molar-refractivity contribution in [2.45, 2.75) is 76.5 Å². The van der Waals surface area contributed by atoms with E-state index in [1.807, 2.05) is 0 Å². The monoisotopic (exact) mass is 656 g/mol. The number of piperidine rings is 1. The van der Waals surface area contributed by atoms with Crippen molar-refractivity contribution in [2.24, 2.45) is 17.6 Å². The minimum Gasteiger partial charge on any atom is -0.370 e. The lowest BCUT2D eigenvalue weighted by Gasteiger charge is -2.29. The van der Waals surface area contributed by atoms with Gasteiger partial charge in [0.2, 0.25) is 29.5 Å². The second-order valence-corrected chi connectivity index (χ2v) is 12.7. The van der Waals surface area contributed by atoms with E-state index in [9.17, 15) is 38.4 Å². The molecule has 0 radical (unpaired) electrons. The minimum absolute atomic E-state index is 0.0375. The zero-order chi connectivity index (χ0) is 34.1. The van der Waals surface area contributed by atoms with E-state index in [0.717, 1.165) is 0 Å². The highest BCUT2D eigenvalue weighted by molar-refractivity contribution is 6.08. The minimum atomic E-state index is -0.816. The number of rotatable bonds is 10. The maximum Gasteiger partial charge on any atom is 0.257 e. The fraction of sp³-hybridized carbons (Fsp3) is 0.412. The Morgan fingerprint density at radius 2 is 1.52 bits per heavy atom. The summed E-state index contributed by atoms with van der Waals surface area (Å²) in [5.41, 5.74) is 8.06.